The third-order valence-electron chi connectivity index (χ3n) is 3.30. The SMILES string of the molecule is NC(=O)c1ccccc1C1=Cc2ccccc2NC1. The molecule has 1 aliphatic rings. The Morgan fingerprint density at radius 1 is 1.05 bits per heavy atom. The van der Waals surface area contributed by atoms with E-state index in [1.807, 2.05) is 42.5 Å². The lowest BCUT2D eigenvalue weighted by atomic mass is 9.94. The van der Waals surface area contributed by atoms with E-state index in [0.29, 0.717) is 12.1 Å². The first-order valence-corrected chi connectivity index (χ1v) is 6.18. The smallest absolute Gasteiger partial charge is 0.249 e. The second-order valence-electron chi connectivity index (χ2n) is 4.52. The maximum atomic E-state index is 11.5. The van der Waals surface area contributed by atoms with E-state index in [1.165, 1.54) is 0 Å². The van der Waals surface area contributed by atoms with Gasteiger partial charge in [0.05, 0.1) is 0 Å². The zero-order valence-electron chi connectivity index (χ0n) is 10.4. The van der Waals surface area contributed by atoms with Crippen LogP contribution in [0, 0.1) is 0 Å². The molecule has 19 heavy (non-hydrogen) atoms. The van der Waals surface area contributed by atoms with Gasteiger partial charge in [0.2, 0.25) is 5.91 Å². The van der Waals surface area contributed by atoms with E-state index in [4.69, 9.17) is 5.73 Å². The van der Waals surface area contributed by atoms with Crippen molar-refractivity contribution in [3.05, 3.63) is 65.2 Å². The number of rotatable bonds is 2. The molecule has 3 N–H and O–H groups in total. The van der Waals surface area contributed by atoms with Crippen molar-refractivity contribution in [2.45, 2.75) is 0 Å². The Morgan fingerprint density at radius 2 is 1.79 bits per heavy atom. The summed E-state index contributed by atoms with van der Waals surface area (Å²) >= 11 is 0. The molecule has 3 rings (SSSR count). The van der Waals surface area contributed by atoms with E-state index in [1.54, 1.807) is 6.07 Å². The van der Waals surface area contributed by atoms with E-state index in [9.17, 15) is 4.79 Å². The lowest BCUT2D eigenvalue weighted by molar-refractivity contribution is 0.1000. The van der Waals surface area contributed by atoms with Crippen LogP contribution in [-0.2, 0) is 0 Å². The van der Waals surface area contributed by atoms with Gasteiger partial charge in [0.1, 0.15) is 0 Å². The second-order valence-corrected chi connectivity index (χ2v) is 4.52. The first-order chi connectivity index (χ1) is 9.25. The van der Waals surface area contributed by atoms with Gasteiger partial charge in [-0.2, -0.15) is 0 Å². The first-order valence-electron chi connectivity index (χ1n) is 6.18. The van der Waals surface area contributed by atoms with Crippen molar-refractivity contribution in [3.8, 4) is 0 Å². The van der Waals surface area contributed by atoms with Crippen LogP contribution >= 0.6 is 0 Å². The van der Waals surface area contributed by atoms with Crippen molar-refractivity contribution < 1.29 is 4.79 Å². The minimum Gasteiger partial charge on any atom is -0.380 e. The number of nitrogens with one attached hydrogen (secondary N) is 1. The molecule has 3 heteroatoms. The average molecular weight is 250 g/mol. The van der Waals surface area contributed by atoms with E-state index < -0.39 is 5.91 Å². The third-order valence-corrected chi connectivity index (χ3v) is 3.30. The summed E-state index contributed by atoms with van der Waals surface area (Å²) in [5.74, 6) is -0.393. The molecule has 2 aromatic rings. The van der Waals surface area contributed by atoms with Crippen molar-refractivity contribution in [2.24, 2.45) is 5.73 Å². The molecular weight excluding hydrogens is 236 g/mol. The van der Waals surface area contributed by atoms with Gasteiger partial charge in [0, 0.05) is 17.8 Å². The van der Waals surface area contributed by atoms with Gasteiger partial charge in [0.15, 0.2) is 0 Å². The highest BCUT2D eigenvalue weighted by Crippen LogP contribution is 2.29. The predicted molar refractivity (Wildman–Crippen MR) is 77.8 cm³/mol. The lowest BCUT2D eigenvalue weighted by Gasteiger charge is -2.20. The minimum atomic E-state index is -0.393. The molecule has 94 valence electrons. The third kappa shape index (κ3) is 2.10. The number of carbonyl (C=O) groups is 1. The molecule has 0 spiro atoms. The zero-order valence-corrected chi connectivity index (χ0v) is 10.4. The highest BCUT2D eigenvalue weighted by Gasteiger charge is 2.15. The molecule has 1 aliphatic heterocycles. The zero-order chi connectivity index (χ0) is 13.2. The van der Waals surface area contributed by atoms with E-state index in [2.05, 4.69) is 11.4 Å². The minimum absolute atomic E-state index is 0.393. The fraction of sp³-hybridized carbons (Fsp3) is 0.0625. The van der Waals surface area contributed by atoms with Crippen LogP contribution < -0.4 is 11.1 Å². The van der Waals surface area contributed by atoms with Crippen molar-refractivity contribution in [1.82, 2.24) is 0 Å². The number of anilines is 1. The summed E-state index contributed by atoms with van der Waals surface area (Å²) in [5, 5.41) is 3.36. The van der Waals surface area contributed by atoms with Gasteiger partial charge in [-0.3, -0.25) is 4.79 Å². The number of benzene rings is 2. The van der Waals surface area contributed by atoms with Crippen LogP contribution in [0.15, 0.2) is 48.5 Å². The van der Waals surface area contributed by atoms with Crippen LogP contribution in [-0.4, -0.2) is 12.5 Å². The molecule has 3 nitrogen and oxygen atoms in total. The summed E-state index contributed by atoms with van der Waals surface area (Å²) in [5.41, 5.74) is 10.2. The Morgan fingerprint density at radius 3 is 2.63 bits per heavy atom. The van der Waals surface area contributed by atoms with Gasteiger partial charge >= 0.3 is 0 Å². The Hall–Kier alpha value is -2.55. The Balaban J connectivity index is 2.10. The van der Waals surface area contributed by atoms with Gasteiger partial charge in [-0.15, -0.1) is 0 Å². The molecule has 0 aromatic heterocycles. The number of nitrogens with two attached hydrogens (primary N) is 1. The molecule has 0 aliphatic carbocycles. The molecule has 0 unspecified atom stereocenters. The molecular formula is C16H14N2O. The largest absolute Gasteiger partial charge is 0.380 e. The molecule has 0 radical (unpaired) electrons. The fourth-order valence-electron chi connectivity index (χ4n) is 2.36. The molecule has 1 heterocycles. The van der Waals surface area contributed by atoms with Crippen LogP contribution in [0.2, 0.25) is 0 Å². The number of para-hydroxylation sites is 1. The van der Waals surface area contributed by atoms with Gasteiger partial charge < -0.3 is 11.1 Å². The first kappa shape index (κ1) is 11.5. The number of primary amides is 1. The van der Waals surface area contributed by atoms with Crippen molar-refractivity contribution in [2.75, 3.05) is 11.9 Å². The van der Waals surface area contributed by atoms with Crippen LogP contribution in [0.3, 0.4) is 0 Å². The summed E-state index contributed by atoms with van der Waals surface area (Å²) in [7, 11) is 0. The van der Waals surface area contributed by atoms with E-state index in [-0.39, 0.29) is 0 Å². The van der Waals surface area contributed by atoms with Crippen molar-refractivity contribution >= 4 is 23.2 Å². The van der Waals surface area contributed by atoms with Crippen molar-refractivity contribution in [3.63, 3.8) is 0 Å². The predicted octanol–water partition coefficient (Wildman–Crippen LogP) is 2.75. The molecule has 1 amide bonds. The summed E-state index contributed by atoms with van der Waals surface area (Å²) in [6, 6.07) is 15.5. The van der Waals surface area contributed by atoms with E-state index in [0.717, 1.165) is 22.4 Å². The normalized spacial score (nSPS) is 13.2. The number of amides is 1. The number of hydrogen-bond acceptors (Lipinski definition) is 2. The summed E-state index contributed by atoms with van der Waals surface area (Å²) in [6.45, 7) is 0.696. The fourth-order valence-corrected chi connectivity index (χ4v) is 2.36. The number of carbonyl (C=O) groups excluding carboxylic acids is 1. The summed E-state index contributed by atoms with van der Waals surface area (Å²) < 4.78 is 0. The topological polar surface area (TPSA) is 55.1 Å². The lowest BCUT2D eigenvalue weighted by Crippen LogP contribution is -2.16. The molecule has 0 bridgehead atoms. The Bertz CT molecular complexity index is 674. The average Bonchev–Trinajstić information content (AvgIpc) is 2.46. The highest BCUT2D eigenvalue weighted by molar-refractivity contribution is 6.01. The summed E-state index contributed by atoms with van der Waals surface area (Å²) in [4.78, 5) is 11.5. The van der Waals surface area contributed by atoms with Gasteiger partial charge in [-0.05, 0) is 34.9 Å². The van der Waals surface area contributed by atoms with Crippen LogP contribution in [0.5, 0.6) is 0 Å². The Kier molecular flexibility index (Phi) is 2.80. The Labute approximate surface area is 111 Å². The molecule has 0 saturated carbocycles. The molecule has 0 atom stereocenters. The number of hydrogen-bond donors (Lipinski definition) is 2. The van der Waals surface area contributed by atoms with Crippen molar-refractivity contribution in [1.29, 1.82) is 0 Å². The standard InChI is InChI=1S/C16H14N2O/c17-16(19)14-7-3-2-6-13(14)12-9-11-5-1-4-8-15(11)18-10-12/h1-9,18H,10H2,(H2,17,19). The summed E-state index contributed by atoms with van der Waals surface area (Å²) in [6.07, 6.45) is 2.10. The molecule has 2 aromatic carbocycles. The van der Waals surface area contributed by atoms with Gasteiger partial charge in [0.25, 0.3) is 0 Å². The van der Waals surface area contributed by atoms with Crippen LogP contribution in [0.1, 0.15) is 21.5 Å². The van der Waals surface area contributed by atoms with Gasteiger partial charge in [-0.25, -0.2) is 0 Å². The van der Waals surface area contributed by atoms with E-state index >= 15 is 0 Å². The second kappa shape index (κ2) is 4.61. The maximum absolute atomic E-state index is 11.5. The highest BCUT2D eigenvalue weighted by atomic mass is 16.1. The maximum Gasteiger partial charge on any atom is 0.249 e. The monoisotopic (exact) mass is 250 g/mol. The quantitative estimate of drug-likeness (QED) is 0.861. The van der Waals surface area contributed by atoms with Crippen LogP contribution in [0.25, 0.3) is 11.6 Å². The van der Waals surface area contributed by atoms with Crippen LogP contribution in [0.4, 0.5) is 5.69 Å². The number of fused-ring (bicyclic) bond motifs is 1. The molecule has 0 saturated heterocycles. The van der Waals surface area contributed by atoms with Gasteiger partial charge in [-0.1, -0.05) is 36.4 Å². The molecule has 0 fully saturated rings.